The molecule has 0 aromatic rings. The molecule has 4 aliphatic rings. The first-order valence-electron chi connectivity index (χ1n) is 9.85. The minimum atomic E-state index is -1.28. The Labute approximate surface area is 164 Å². The van der Waals surface area contributed by atoms with Crippen molar-refractivity contribution in [2.75, 3.05) is 13.7 Å². The van der Waals surface area contributed by atoms with Crippen LogP contribution in [0.2, 0.25) is 0 Å². The quantitative estimate of drug-likeness (QED) is 0.444. The average molecular weight is 392 g/mol. The number of aliphatic hydroxyl groups is 1. The van der Waals surface area contributed by atoms with E-state index in [2.05, 4.69) is 13.8 Å². The molecule has 0 radical (unpaired) electrons. The normalized spacial score (nSPS) is 44.4. The molecule has 154 valence electrons. The number of carbonyl (C=O) groups is 2. The monoisotopic (exact) mass is 392 g/mol. The molecule has 1 spiro atoms. The number of allylic oxidation sites excluding steroid dienone is 1. The molecule has 0 unspecified atom stereocenters. The van der Waals surface area contributed by atoms with Gasteiger partial charge in [-0.2, -0.15) is 0 Å². The summed E-state index contributed by atoms with van der Waals surface area (Å²) in [6.45, 7) is 7.15. The molecule has 7 heteroatoms. The van der Waals surface area contributed by atoms with Gasteiger partial charge in [-0.15, -0.1) is 0 Å². The topological polar surface area (TPSA) is 94.6 Å². The lowest BCUT2D eigenvalue weighted by molar-refractivity contribution is -0.236. The second kappa shape index (κ2) is 6.15. The SMILES string of the molecule is C/C=C(\CO)C(=O)O[C@@H]1C2=C(C)C(=O)O[C@]2(OC)C[C@@]23O[C@@H]2CC[C@H](C)[C@@]13C. The highest BCUT2D eigenvalue weighted by molar-refractivity contribution is 5.93. The Hall–Kier alpha value is -1.70. The lowest BCUT2D eigenvalue weighted by Gasteiger charge is -2.55. The number of ether oxygens (including phenoxy) is 4. The second-order valence-corrected chi connectivity index (χ2v) is 8.58. The third-order valence-electron chi connectivity index (χ3n) is 7.63. The minimum absolute atomic E-state index is 0.0297. The Bertz CT molecular complexity index is 799. The van der Waals surface area contributed by atoms with Gasteiger partial charge in [-0.05, 0) is 32.6 Å². The molecule has 7 nitrogen and oxygen atoms in total. The molecule has 28 heavy (non-hydrogen) atoms. The van der Waals surface area contributed by atoms with Crippen LogP contribution in [0.5, 0.6) is 0 Å². The van der Waals surface area contributed by atoms with Gasteiger partial charge in [0.25, 0.3) is 0 Å². The first kappa shape index (κ1) is 19.6. The molecule has 6 atom stereocenters. The van der Waals surface area contributed by atoms with Crippen LogP contribution in [-0.4, -0.2) is 54.4 Å². The molecule has 2 aliphatic carbocycles. The van der Waals surface area contributed by atoms with Crippen molar-refractivity contribution in [2.24, 2.45) is 11.3 Å². The van der Waals surface area contributed by atoms with Crippen molar-refractivity contribution in [3.05, 3.63) is 22.8 Å². The summed E-state index contributed by atoms with van der Waals surface area (Å²) in [4.78, 5) is 25.3. The molecular weight excluding hydrogens is 364 g/mol. The van der Waals surface area contributed by atoms with Crippen LogP contribution >= 0.6 is 0 Å². The number of hydrogen-bond donors (Lipinski definition) is 1. The first-order valence-corrected chi connectivity index (χ1v) is 9.85. The Kier molecular flexibility index (Phi) is 4.30. The molecule has 2 heterocycles. The van der Waals surface area contributed by atoms with Crippen molar-refractivity contribution in [2.45, 2.75) is 70.6 Å². The van der Waals surface area contributed by atoms with Crippen LogP contribution in [0.25, 0.3) is 0 Å². The van der Waals surface area contributed by atoms with Gasteiger partial charge in [-0.25, -0.2) is 9.59 Å². The third-order valence-corrected chi connectivity index (χ3v) is 7.63. The van der Waals surface area contributed by atoms with Crippen molar-refractivity contribution < 1.29 is 33.6 Å². The van der Waals surface area contributed by atoms with Crippen molar-refractivity contribution in [1.29, 1.82) is 0 Å². The maximum absolute atomic E-state index is 12.8. The number of hydrogen-bond acceptors (Lipinski definition) is 7. The molecule has 1 N–H and O–H groups in total. The molecule has 4 rings (SSSR count). The summed E-state index contributed by atoms with van der Waals surface area (Å²) in [5.41, 5.74) is 0.0444. The van der Waals surface area contributed by atoms with Gasteiger partial charge in [-0.1, -0.05) is 19.9 Å². The van der Waals surface area contributed by atoms with Crippen LogP contribution in [0.3, 0.4) is 0 Å². The fraction of sp³-hybridized carbons (Fsp3) is 0.714. The van der Waals surface area contributed by atoms with Gasteiger partial charge in [0, 0.05) is 18.1 Å². The van der Waals surface area contributed by atoms with Gasteiger partial charge in [-0.3, -0.25) is 0 Å². The van der Waals surface area contributed by atoms with Crippen LogP contribution in [0, 0.1) is 11.3 Å². The predicted molar refractivity (Wildman–Crippen MR) is 98.0 cm³/mol. The number of esters is 2. The predicted octanol–water partition coefficient (Wildman–Crippen LogP) is 2.03. The van der Waals surface area contributed by atoms with Gasteiger partial charge in [0.15, 0.2) is 0 Å². The van der Waals surface area contributed by atoms with E-state index in [1.54, 1.807) is 13.8 Å². The zero-order valence-electron chi connectivity index (χ0n) is 17.0. The van der Waals surface area contributed by atoms with E-state index in [4.69, 9.17) is 18.9 Å². The molecule has 1 saturated heterocycles. The van der Waals surface area contributed by atoms with Crippen LogP contribution in [0.1, 0.15) is 47.0 Å². The minimum Gasteiger partial charge on any atom is -0.453 e. The maximum atomic E-state index is 12.8. The van der Waals surface area contributed by atoms with E-state index in [0.717, 1.165) is 12.8 Å². The van der Waals surface area contributed by atoms with Crippen molar-refractivity contribution in [3.63, 3.8) is 0 Å². The summed E-state index contributed by atoms with van der Waals surface area (Å²) < 4.78 is 23.7. The number of rotatable bonds is 4. The number of fused-ring (bicyclic) bond motifs is 1. The van der Waals surface area contributed by atoms with Crippen molar-refractivity contribution in [1.82, 2.24) is 0 Å². The zero-order valence-corrected chi connectivity index (χ0v) is 17.0. The van der Waals surface area contributed by atoms with Crippen LogP contribution in [0.15, 0.2) is 22.8 Å². The summed E-state index contributed by atoms with van der Waals surface area (Å²) in [5.74, 6) is -2.16. The summed E-state index contributed by atoms with van der Waals surface area (Å²) in [6, 6.07) is 0. The fourth-order valence-corrected chi connectivity index (χ4v) is 5.64. The Morgan fingerprint density at radius 3 is 2.71 bits per heavy atom. The highest BCUT2D eigenvalue weighted by Crippen LogP contribution is 2.71. The highest BCUT2D eigenvalue weighted by Gasteiger charge is 2.81. The van der Waals surface area contributed by atoms with Crippen LogP contribution in [-0.2, 0) is 28.5 Å². The van der Waals surface area contributed by atoms with E-state index in [1.807, 2.05) is 0 Å². The largest absolute Gasteiger partial charge is 0.453 e. The van der Waals surface area contributed by atoms with E-state index in [9.17, 15) is 14.7 Å². The lowest BCUT2D eigenvalue weighted by atomic mass is 9.51. The number of epoxide rings is 1. The molecule has 2 aliphatic heterocycles. The van der Waals surface area contributed by atoms with Crippen molar-refractivity contribution >= 4 is 11.9 Å². The number of carbonyl (C=O) groups excluding carboxylic acids is 2. The summed E-state index contributed by atoms with van der Waals surface area (Å²) in [7, 11) is 1.50. The highest BCUT2D eigenvalue weighted by atomic mass is 16.7. The van der Waals surface area contributed by atoms with Gasteiger partial charge in [0.2, 0.25) is 5.79 Å². The van der Waals surface area contributed by atoms with Gasteiger partial charge < -0.3 is 24.1 Å². The summed E-state index contributed by atoms with van der Waals surface area (Å²) >= 11 is 0. The van der Waals surface area contributed by atoms with E-state index in [0.29, 0.717) is 17.6 Å². The van der Waals surface area contributed by atoms with Gasteiger partial charge in [0.1, 0.15) is 11.7 Å². The molecule has 2 saturated carbocycles. The second-order valence-electron chi connectivity index (χ2n) is 8.58. The number of aliphatic hydroxyl groups excluding tert-OH is 1. The zero-order chi connectivity index (χ0) is 20.5. The Morgan fingerprint density at radius 1 is 1.39 bits per heavy atom. The molecule has 0 aromatic heterocycles. The van der Waals surface area contributed by atoms with E-state index >= 15 is 0 Å². The standard InChI is InChI=1S/C21H28O7/c1-6-13(9-22)18(24)26-16-15-12(3)17(23)28-21(15,25-5)10-20-14(27-20)8-7-11(2)19(16,20)4/h6,11,14,16,22H,7-10H2,1-5H3/b13-6+/t11-,14+,16+,19-,20+,21+/m0/s1. The first-order chi connectivity index (χ1) is 13.2. The van der Waals surface area contributed by atoms with Crippen LogP contribution in [0.4, 0.5) is 0 Å². The maximum Gasteiger partial charge on any atom is 0.336 e. The van der Waals surface area contributed by atoms with Crippen LogP contribution < -0.4 is 0 Å². The average Bonchev–Trinajstić information content (AvgIpc) is 3.32. The van der Waals surface area contributed by atoms with Gasteiger partial charge in [0.05, 0.1) is 30.3 Å². The van der Waals surface area contributed by atoms with E-state index in [1.165, 1.54) is 13.2 Å². The molecule has 0 aromatic carbocycles. The molecular formula is C21H28O7. The van der Waals surface area contributed by atoms with Gasteiger partial charge >= 0.3 is 11.9 Å². The number of methoxy groups -OCH3 is 1. The lowest BCUT2D eigenvalue weighted by Crippen LogP contribution is -2.65. The summed E-state index contributed by atoms with van der Waals surface area (Å²) in [6.07, 6.45) is 3.06. The Morgan fingerprint density at radius 2 is 2.11 bits per heavy atom. The van der Waals surface area contributed by atoms with Crippen molar-refractivity contribution in [3.8, 4) is 0 Å². The molecule has 3 fully saturated rings. The Balaban J connectivity index is 1.87. The third kappa shape index (κ3) is 2.21. The summed E-state index contributed by atoms with van der Waals surface area (Å²) in [5, 5.41) is 9.50. The fourth-order valence-electron chi connectivity index (χ4n) is 5.64. The molecule has 0 bridgehead atoms. The van der Waals surface area contributed by atoms with E-state index < -0.39 is 41.5 Å². The van der Waals surface area contributed by atoms with E-state index in [-0.39, 0.29) is 17.6 Å². The smallest absolute Gasteiger partial charge is 0.336 e. The molecule has 0 amide bonds.